The quantitative estimate of drug-likeness (QED) is 0.752. The summed E-state index contributed by atoms with van der Waals surface area (Å²) in [5.74, 6) is -0.940. The highest BCUT2D eigenvalue weighted by molar-refractivity contribution is 6.30. The number of benzene rings is 1. The Morgan fingerprint density at radius 3 is 2.62 bits per heavy atom. The second-order valence-corrected chi connectivity index (χ2v) is 2.85. The highest BCUT2D eigenvalue weighted by Crippen LogP contribution is 2.07. The smallest absolute Gasteiger partial charge is 0.325 e. The average molecular weight is 198 g/mol. The molecule has 0 amide bonds. The number of hydrogen-bond donors (Lipinski definition) is 1. The highest BCUT2D eigenvalue weighted by atomic mass is 35.5. The molecule has 0 saturated carbocycles. The van der Waals surface area contributed by atoms with Gasteiger partial charge in [-0.25, -0.2) is 0 Å². The van der Waals surface area contributed by atoms with E-state index in [0.29, 0.717) is 5.02 Å². The number of halogens is 1. The summed E-state index contributed by atoms with van der Waals surface area (Å²) in [6.45, 7) is -0.206. The van der Waals surface area contributed by atoms with Gasteiger partial charge in [-0.3, -0.25) is 9.79 Å². The van der Waals surface area contributed by atoms with Crippen molar-refractivity contribution < 1.29 is 9.90 Å². The zero-order valence-corrected chi connectivity index (χ0v) is 7.53. The van der Waals surface area contributed by atoms with Crippen molar-refractivity contribution in [3.05, 3.63) is 34.9 Å². The first kappa shape index (κ1) is 9.74. The Bertz CT molecular complexity index is 319. The molecule has 68 valence electrons. The predicted molar refractivity (Wildman–Crippen MR) is 51.5 cm³/mol. The maximum Gasteiger partial charge on any atom is 0.325 e. The van der Waals surface area contributed by atoms with E-state index >= 15 is 0 Å². The van der Waals surface area contributed by atoms with Crippen molar-refractivity contribution in [1.29, 1.82) is 0 Å². The highest BCUT2D eigenvalue weighted by Gasteiger charge is 1.91. The normalized spacial score (nSPS) is 10.5. The van der Waals surface area contributed by atoms with Crippen molar-refractivity contribution in [2.75, 3.05) is 6.54 Å². The summed E-state index contributed by atoms with van der Waals surface area (Å²) < 4.78 is 0. The Morgan fingerprint density at radius 1 is 1.46 bits per heavy atom. The largest absolute Gasteiger partial charge is 0.480 e. The number of nitrogens with zero attached hydrogens (tertiary/aromatic N) is 1. The molecule has 0 aromatic heterocycles. The van der Waals surface area contributed by atoms with Crippen molar-refractivity contribution >= 4 is 23.8 Å². The van der Waals surface area contributed by atoms with E-state index in [1.165, 1.54) is 6.21 Å². The van der Waals surface area contributed by atoms with Gasteiger partial charge in [0.2, 0.25) is 0 Å². The second kappa shape index (κ2) is 4.62. The van der Waals surface area contributed by atoms with Crippen LogP contribution in [0.25, 0.3) is 0 Å². The molecule has 0 fully saturated rings. The van der Waals surface area contributed by atoms with Gasteiger partial charge in [0.1, 0.15) is 6.54 Å². The first-order valence-corrected chi connectivity index (χ1v) is 4.03. The number of hydrogen-bond acceptors (Lipinski definition) is 2. The van der Waals surface area contributed by atoms with E-state index in [9.17, 15) is 4.79 Å². The number of carboxylic acid groups (broad SMARTS) is 1. The van der Waals surface area contributed by atoms with Crippen LogP contribution in [0.2, 0.25) is 5.02 Å². The predicted octanol–water partition coefficient (Wildman–Crippen LogP) is 1.84. The number of aliphatic imine (C=N–C) groups is 1. The van der Waals surface area contributed by atoms with E-state index in [1.807, 2.05) is 0 Å². The third-order valence-electron chi connectivity index (χ3n) is 1.34. The molecule has 0 aliphatic rings. The summed E-state index contributed by atoms with van der Waals surface area (Å²) in [7, 11) is 0. The molecule has 1 rings (SSSR count). The molecule has 0 heterocycles. The van der Waals surface area contributed by atoms with E-state index in [4.69, 9.17) is 16.7 Å². The maximum atomic E-state index is 10.1. The molecule has 1 aromatic rings. The first-order chi connectivity index (χ1) is 6.18. The van der Waals surface area contributed by atoms with Gasteiger partial charge >= 0.3 is 5.97 Å². The number of aliphatic carboxylic acids is 1. The molecule has 1 N–H and O–H groups in total. The van der Waals surface area contributed by atoms with Crippen LogP contribution in [0.5, 0.6) is 0 Å². The van der Waals surface area contributed by atoms with Gasteiger partial charge in [0.25, 0.3) is 0 Å². The van der Waals surface area contributed by atoms with Gasteiger partial charge in [-0.05, 0) is 17.7 Å². The van der Waals surface area contributed by atoms with Crippen LogP contribution in [0.4, 0.5) is 0 Å². The number of carboxylic acids is 1. The SMILES string of the molecule is O=C(O)CN=Cc1ccc(Cl)cc1. The van der Waals surface area contributed by atoms with Crippen molar-refractivity contribution in [2.45, 2.75) is 0 Å². The van der Waals surface area contributed by atoms with Gasteiger partial charge in [-0.15, -0.1) is 0 Å². The Kier molecular flexibility index (Phi) is 3.46. The van der Waals surface area contributed by atoms with Crippen molar-refractivity contribution in [3.63, 3.8) is 0 Å². The van der Waals surface area contributed by atoms with Gasteiger partial charge in [0.15, 0.2) is 0 Å². The zero-order chi connectivity index (χ0) is 9.68. The van der Waals surface area contributed by atoms with Crippen LogP contribution < -0.4 is 0 Å². The summed E-state index contributed by atoms with van der Waals surface area (Å²) in [5, 5.41) is 8.95. The molecule has 4 heteroatoms. The third-order valence-corrected chi connectivity index (χ3v) is 1.59. The number of rotatable bonds is 3. The Balaban J connectivity index is 2.59. The van der Waals surface area contributed by atoms with Crippen LogP contribution in [0.15, 0.2) is 29.3 Å². The molecule has 0 aliphatic carbocycles. The fourth-order valence-electron chi connectivity index (χ4n) is 0.778. The van der Waals surface area contributed by atoms with Crippen LogP contribution in [-0.2, 0) is 4.79 Å². The fraction of sp³-hybridized carbons (Fsp3) is 0.111. The van der Waals surface area contributed by atoms with E-state index in [0.717, 1.165) is 5.56 Å². The van der Waals surface area contributed by atoms with Crippen LogP contribution in [0.1, 0.15) is 5.56 Å². The van der Waals surface area contributed by atoms with Crippen LogP contribution >= 0.6 is 11.6 Å². The Hall–Kier alpha value is -1.35. The van der Waals surface area contributed by atoms with Crippen LogP contribution in [0.3, 0.4) is 0 Å². The molecule has 0 saturated heterocycles. The van der Waals surface area contributed by atoms with E-state index < -0.39 is 5.97 Å². The molecule has 0 atom stereocenters. The first-order valence-electron chi connectivity index (χ1n) is 3.65. The summed E-state index contributed by atoms with van der Waals surface area (Å²) in [5.41, 5.74) is 0.839. The molecule has 0 spiro atoms. The molecule has 1 aromatic carbocycles. The molecule has 0 unspecified atom stereocenters. The monoisotopic (exact) mass is 197 g/mol. The lowest BCUT2D eigenvalue weighted by atomic mass is 10.2. The lowest BCUT2D eigenvalue weighted by Gasteiger charge is -1.91. The Labute approximate surface area is 80.7 Å². The molecular formula is C9H8ClNO2. The van der Waals surface area contributed by atoms with E-state index in [1.54, 1.807) is 24.3 Å². The van der Waals surface area contributed by atoms with E-state index in [2.05, 4.69) is 4.99 Å². The second-order valence-electron chi connectivity index (χ2n) is 2.42. The molecule has 3 nitrogen and oxygen atoms in total. The number of carbonyl (C=O) groups is 1. The lowest BCUT2D eigenvalue weighted by molar-refractivity contribution is -0.135. The van der Waals surface area contributed by atoms with Crippen molar-refractivity contribution in [1.82, 2.24) is 0 Å². The molecular weight excluding hydrogens is 190 g/mol. The zero-order valence-electron chi connectivity index (χ0n) is 6.77. The molecule has 13 heavy (non-hydrogen) atoms. The third kappa shape index (κ3) is 3.71. The van der Waals surface area contributed by atoms with Gasteiger partial charge in [-0.1, -0.05) is 23.7 Å². The van der Waals surface area contributed by atoms with Gasteiger partial charge in [0, 0.05) is 11.2 Å². The lowest BCUT2D eigenvalue weighted by Crippen LogP contribution is -1.99. The minimum atomic E-state index is -0.940. The van der Waals surface area contributed by atoms with Crippen LogP contribution in [0, 0.1) is 0 Å². The summed E-state index contributed by atoms with van der Waals surface area (Å²) in [6.07, 6.45) is 1.50. The maximum absolute atomic E-state index is 10.1. The standard InChI is InChI=1S/C9H8ClNO2/c10-8-3-1-7(2-4-8)5-11-6-9(12)13/h1-5H,6H2,(H,12,13). The van der Waals surface area contributed by atoms with Gasteiger partial charge < -0.3 is 5.11 Å². The summed E-state index contributed by atoms with van der Waals surface area (Å²) in [4.78, 5) is 13.8. The fourth-order valence-corrected chi connectivity index (χ4v) is 0.904. The topological polar surface area (TPSA) is 49.7 Å². The summed E-state index contributed by atoms with van der Waals surface area (Å²) in [6, 6.07) is 6.99. The Morgan fingerprint density at radius 2 is 2.08 bits per heavy atom. The minimum Gasteiger partial charge on any atom is -0.480 e. The van der Waals surface area contributed by atoms with Crippen LogP contribution in [-0.4, -0.2) is 23.8 Å². The molecule has 0 bridgehead atoms. The summed E-state index contributed by atoms with van der Waals surface area (Å²) >= 11 is 5.66. The van der Waals surface area contributed by atoms with Gasteiger partial charge in [0.05, 0.1) is 0 Å². The van der Waals surface area contributed by atoms with Gasteiger partial charge in [-0.2, -0.15) is 0 Å². The molecule has 0 radical (unpaired) electrons. The van der Waals surface area contributed by atoms with E-state index in [-0.39, 0.29) is 6.54 Å². The van der Waals surface area contributed by atoms with Crippen molar-refractivity contribution in [2.24, 2.45) is 4.99 Å². The molecule has 0 aliphatic heterocycles. The average Bonchev–Trinajstić information content (AvgIpc) is 2.08. The minimum absolute atomic E-state index is 0.206. The van der Waals surface area contributed by atoms with Crippen molar-refractivity contribution in [3.8, 4) is 0 Å².